The van der Waals surface area contributed by atoms with E-state index in [1.165, 1.54) is 12.8 Å². The minimum absolute atomic E-state index is 0.0229. The lowest BCUT2D eigenvalue weighted by atomic mass is 10.2. The fraction of sp³-hybridized carbons (Fsp3) is 0.500. The van der Waals surface area contributed by atoms with Crippen molar-refractivity contribution in [2.75, 3.05) is 29.9 Å². The molecule has 1 aliphatic rings. The molecule has 2 aromatic rings. The van der Waals surface area contributed by atoms with Crippen LogP contribution in [-0.4, -0.2) is 40.8 Å². The number of anilines is 2. The molecule has 1 aromatic carbocycles. The number of nitrogens with zero attached hydrogens (tertiary/aromatic N) is 3. The van der Waals surface area contributed by atoms with E-state index in [1.807, 2.05) is 24.3 Å². The van der Waals surface area contributed by atoms with Crippen molar-refractivity contribution in [1.29, 1.82) is 0 Å². The van der Waals surface area contributed by atoms with Gasteiger partial charge in [-0.3, -0.25) is 0 Å². The van der Waals surface area contributed by atoms with Crippen LogP contribution >= 0.6 is 0 Å². The Hall–Kier alpha value is -1.88. The average Bonchev–Trinajstić information content (AvgIpc) is 3.06. The molecule has 0 radical (unpaired) electrons. The Labute approximate surface area is 125 Å². The predicted octanol–water partition coefficient (Wildman–Crippen LogP) is 2.41. The molecule has 1 fully saturated rings. The molecule has 1 saturated heterocycles. The fourth-order valence-corrected chi connectivity index (χ4v) is 2.70. The number of hydrogen-bond acceptors (Lipinski definition) is 5. The van der Waals surface area contributed by atoms with E-state index in [2.05, 4.69) is 22.1 Å². The summed E-state index contributed by atoms with van der Waals surface area (Å²) in [6.45, 7) is 4.20. The number of para-hydroxylation sites is 1. The number of aromatic nitrogens is 2. The lowest BCUT2D eigenvalue weighted by Gasteiger charge is -2.20. The first-order valence-electron chi connectivity index (χ1n) is 7.71. The molecule has 1 aromatic heterocycles. The van der Waals surface area contributed by atoms with Crippen LogP contribution < -0.4 is 10.2 Å². The zero-order chi connectivity index (χ0) is 14.7. The summed E-state index contributed by atoms with van der Waals surface area (Å²) < 4.78 is 0. The standard InChI is InChI=1S/C16H22N4O/c1-2-12(11-21)17-15-13-7-3-4-8-14(13)18-16(19-15)20-9-5-6-10-20/h3-4,7-8,12,21H,2,5-6,9-11H2,1H3,(H,17,18,19). The Balaban J connectivity index is 2.02. The molecule has 21 heavy (non-hydrogen) atoms. The topological polar surface area (TPSA) is 61.3 Å². The molecule has 0 saturated carbocycles. The van der Waals surface area contributed by atoms with Crippen LogP contribution in [-0.2, 0) is 0 Å². The van der Waals surface area contributed by atoms with E-state index in [0.29, 0.717) is 0 Å². The van der Waals surface area contributed by atoms with Crippen LogP contribution in [0.2, 0.25) is 0 Å². The number of benzene rings is 1. The second-order valence-corrected chi connectivity index (χ2v) is 5.52. The van der Waals surface area contributed by atoms with Gasteiger partial charge in [0.25, 0.3) is 0 Å². The Morgan fingerprint density at radius 1 is 1.24 bits per heavy atom. The van der Waals surface area contributed by atoms with Crippen molar-refractivity contribution in [1.82, 2.24) is 9.97 Å². The molecule has 2 N–H and O–H groups in total. The summed E-state index contributed by atoms with van der Waals surface area (Å²) in [6, 6.07) is 8.05. The Bertz CT molecular complexity index is 606. The zero-order valence-electron chi connectivity index (χ0n) is 12.4. The van der Waals surface area contributed by atoms with Crippen LogP contribution in [0.4, 0.5) is 11.8 Å². The van der Waals surface area contributed by atoms with Gasteiger partial charge in [-0.2, -0.15) is 4.98 Å². The first-order chi connectivity index (χ1) is 10.3. The molecule has 5 heteroatoms. The van der Waals surface area contributed by atoms with E-state index in [4.69, 9.17) is 4.98 Å². The number of nitrogens with one attached hydrogen (secondary N) is 1. The largest absolute Gasteiger partial charge is 0.394 e. The third kappa shape index (κ3) is 2.93. The lowest BCUT2D eigenvalue weighted by molar-refractivity contribution is 0.271. The first-order valence-corrected chi connectivity index (χ1v) is 7.71. The van der Waals surface area contributed by atoms with Gasteiger partial charge in [-0.1, -0.05) is 19.1 Å². The van der Waals surface area contributed by atoms with E-state index < -0.39 is 0 Å². The zero-order valence-corrected chi connectivity index (χ0v) is 12.4. The van der Waals surface area contributed by atoms with E-state index in [9.17, 15) is 5.11 Å². The minimum Gasteiger partial charge on any atom is -0.394 e. The molecule has 2 heterocycles. The van der Waals surface area contributed by atoms with Crippen LogP contribution in [0.1, 0.15) is 26.2 Å². The summed E-state index contributed by atoms with van der Waals surface area (Å²) in [7, 11) is 0. The van der Waals surface area contributed by atoms with Gasteiger partial charge in [-0.05, 0) is 31.4 Å². The van der Waals surface area contributed by atoms with Crippen molar-refractivity contribution >= 4 is 22.7 Å². The molecule has 0 amide bonds. The summed E-state index contributed by atoms with van der Waals surface area (Å²) in [5.74, 6) is 1.62. The highest BCUT2D eigenvalue weighted by molar-refractivity contribution is 5.90. The molecular formula is C16H22N4O. The molecule has 0 aliphatic carbocycles. The maximum absolute atomic E-state index is 9.42. The lowest BCUT2D eigenvalue weighted by Crippen LogP contribution is -2.25. The second kappa shape index (κ2) is 6.26. The molecule has 1 unspecified atom stereocenters. The minimum atomic E-state index is 0.0229. The summed E-state index contributed by atoms with van der Waals surface area (Å²) in [6.07, 6.45) is 3.26. The van der Waals surface area contributed by atoms with Gasteiger partial charge in [-0.25, -0.2) is 4.98 Å². The van der Waals surface area contributed by atoms with Crippen LogP contribution in [0.15, 0.2) is 24.3 Å². The quantitative estimate of drug-likeness (QED) is 0.884. The first kappa shape index (κ1) is 14.1. The smallest absolute Gasteiger partial charge is 0.227 e. The molecule has 3 rings (SSSR count). The van der Waals surface area contributed by atoms with Crippen molar-refractivity contribution < 1.29 is 5.11 Å². The Morgan fingerprint density at radius 3 is 2.71 bits per heavy atom. The number of rotatable bonds is 5. The molecular weight excluding hydrogens is 264 g/mol. The van der Waals surface area contributed by atoms with Gasteiger partial charge < -0.3 is 15.3 Å². The highest BCUT2D eigenvalue weighted by Gasteiger charge is 2.18. The van der Waals surface area contributed by atoms with Gasteiger partial charge >= 0.3 is 0 Å². The maximum Gasteiger partial charge on any atom is 0.227 e. The van der Waals surface area contributed by atoms with Gasteiger partial charge in [0, 0.05) is 18.5 Å². The number of hydrogen-bond donors (Lipinski definition) is 2. The Kier molecular flexibility index (Phi) is 4.20. The molecule has 112 valence electrons. The van der Waals surface area contributed by atoms with Gasteiger partial charge in [-0.15, -0.1) is 0 Å². The van der Waals surface area contributed by atoms with Crippen LogP contribution in [0.5, 0.6) is 0 Å². The van der Waals surface area contributed by atoms with Crippen molar-refractivity contribution in [2.45, 2.75) is 32.2 Å². The van der Waals surface area contributed by atoms with E-state index in [0.717, 1.165) is 42.2 Å². The van der Waals surface area contributed by atoms with Crippen molar-refractivity contribution in [3.05, 3.63) is 24.3 Å². The third-order valence-corrected chi connectivity index (χ3v) is 4.03. The highest BCUT2D eigenvalue weighted by atomic mass is 16.3. The molecule has 1 atom stereocenters. The van der Waals surface area contributed by atoms with Crippen LogP contribution in [0.3, 0.4) is 0 Å². The van der Waals surface area contributed by atoms with Gasteiger partial charge in [0.2, 0.25) is 5.95 Å². The van der Waals surface area contributed by atoms with Crippen molar-refractivity contribution in [3.8, 4) is 0 Å². The summed E-state index contributed by atoms with van der Waals surface area (Å²) >= 11 is 0. The molecule has 0 bridgehead atoms. The van der Waals surface area contributed by atoms with E-state index in [1.54, 1.807) is 0 Å². The summed E-state index contributed by atoms with van der Waals surface area (Å²) in [4.78, 5) is 11.6. The molecule has 1 aliphatic heterocycles. The fourth-order valence-electron chi connectivity index (χ4n) is 2.70. The van der Waals surface area contributed by atoms with E-state index >= 15 is 0 Å². The average molecular weight is 286 g/mol. The van der Waals surface area contributed by atoms with Crippen LogP contribution in [0.25, 0.3) is 10.9 Å². The number of fused-ring (bicyclic) bond motifs is 1. The SMILES string of the molecule is CCC(CO)Nc1nc(N2CCCC2)nc2ccccc12. The monoisotopic (exact) mass is 286 g/mol. The van der Waals surface area contributed by atoms with E-state index in [-0.39, 0.29) is 12.6 Å². The second-order valence-electron chi connectivity index (χ2n) is 5.52. The van der Waals surface area contributed by atoms with Crippen LogP contribution in [0, 0.1) is 0 Å². The van der Waals surface area contributed by atoms with Crippen molar-refractivity contribution in [2.24, 2.45) is 0 Å². The van der Waals surface area contributed by atoms with Gasteiger partial charge in [0.15, 0.2) is 0 Å². The molecule has 5 nitrogen and oxygen atoms in total. The van der Waals surface area contributed by atoms with Crippen molar-refractivity contribution in [3.63, 3.8) is 0 Å². The Morgan fingerprint density at radius 2 is 2.00 bits per heavy atom. The highest BCUT2D eigenvalue weighted by Crippen LogP contribution is 2.25. The predicted molar refractivity (Wildman–Crippen MR) is 85.8 cm³/mol. The number of aliphatic hydroxyl groups is 1. The summed E-state index contributed by atoms with van der Waals surface area (Å²) in [5, 5.41) is 13.8. The summed E-state index contributed by atoms with van der Waals surface area (Å²) in [5.41, 5.74) is 0.949. The van der Waals surface area contributed by atoms with Gasteiger partial charge in [0.05, 0.1) is 18.2 Å². The normalized spacial score (nSPS) is 16.4. The van der Waals surface area contributed by atoms with Gasteiger partial charge in [0.1, 0.15) is 5.82 Å². The maximum atomic E-state index is 9.42. The number of aliphatic hydroxyl groups excluding tert-OH is 1. The molecule has 0 spiro atoms. The third-order valence-electron chi connectivity index (χ3n) is 4.03.